The summed E-state index contributed by atoms with van der Waals surface area (Å²) in [6.07, 6.45) is 0. The van der Waals surface area contributed by atoms with E-state index in [0.29, 0.717) is 5.56 Å². The van der Waals surface area contributed by atoms with Gasteiger partial charge in [-0.15, -0.1) is 0 Å². The molecule has 6 heteroatoms. The summed E-state index contributed by atoms with van der Waals surface area (Å²) in [6, 6.07) is 6.39. The maximum atomic E-state index is 11.7. The van der Waals surface area contributed by atoms with E-state index in [4.69, 9.17) is 11.6 Å². The quantitative estimate of drug-likeness (QED) is 0.631. The average Bonchev–Trinajstić information content (AvgIpc) is 2.28. The molecular weight excluding hydrogens is 316 g/mol. The minimum atomic E-state index is -3.55. The number of ketones is 1. The fraction of sp³-hybridized carbons (Fsp3) is 0.300. The number of alkyl halides is 1. The summed E-state index contributed by atoms with van der Waals surface area (Å²) in [5.41, 5.74) is 0.292. The van der Waals surface area contributed by atoms with E-state index >= 15 is 0 Å². The fourth-order valence-electron chi connectivity index (χ4n) is 1.05. The van der Waals surface area contributed by atoms with Crippen LogP contribution in [-0.2, 0) is 9.84 Å². The fourth-order valence-corrected chi connectivity index (χ4v) is 2.58. The van der Waals surface area contributed by atoms with Crippen LogP contribution in [0.5, 0.6) is 0 Å². The van der Waals surface area contributed by atoms with E-state index < -0.39 is 20.3 Å². The van der Waals surface area contributed by atoms with Crippen LogP contribution in [0.1, 0.15) is 17.3 Å². The van der Waals surface area contributed by atoms with Gasteiger partial charge in [0, 0.05) is 15.8 Å². The maximum Gasteiger partial charge on any atom is 0.197 e. The Balaban J connectivity index is 2.99. The van der Waals surface area contributed by atoms with Crippen LogP contribution in [0.25, 0.3) is 0 Å². The Bertz CT molecular complexity index is 481. The van der Waals surface area contributed by atoms with Crippen molar-refractivity contribution in [3.63, 3.8) is 0 Å². The first-order chi connectivity index (χ1) is 7.38. The zero-order valence-corrected chi connectivity index (χ0v) is 11.6. The number of hydrogen-bond acceptors (Lipinski definition) is 3. The van der Waals surface area contributed by atoms with Crippen LogP contribution in [0.3, 0.4) is 0 Å². The second kappa shape index (κ2) is 5.29. The molecule has 1 aromatic rings. The summed E-state index contributed by atoms with van der Waals surface area (Å²) < 4.78 is 22.2. The van der Waals surface area contributed by atoms with E-state index in [1.54, 1.807) is 12.1 Å². The van der Waals surface area contributed by atoms with Crippen LogP contribution in [0.4, 0.5) is 0 Å². The molecule has 0 heterocycles. The molecular formula is C10H10BrClO3S. The highest BCUT2D eigenvalue weighted by Crippen LogP contribution is 2.17. The van der Waals surface area contributed by atoms with Gasteiger partial charge in [0.05, 0.1) is 0 Å². The molecule has 0 bridgehead atoms. The molecule has 0 amide bonds. The zero-order valence-electron chi connectivity index (χ0n) is 8.48. The van der Waals surface area contributed by atoms with Crippen LogP contribution in [-0.4, -0.2) is 24.7 Å². The first-order valence-electron chi connectivity index (χ1n) is 4.54. The molecule has 0 aromatic heterocycles. The molecule has 0 saturated heterocycles. The van der Waals surface area contributed by atoms with Gasteiger partial charge >= 0.3 is 0 Å². The summed E-state index contributed by atoms with van der Waals surface area (Å²) in [7, 11) is -3.55. The second-order valence-electron chi connectivity index (χ2n) is 3.14. The molecule has 1 aromatic carbocycles. The number of rotatable bonds is 4. The predicted octanol–water partition coefficient (Wildman–Crippen LogP) is 2.63. The standard InChI is InChI=1S/C10H10BrClO3S/c1-2-16(14,15)10(12)9(13)7-3-5-8(11)6-4-7/h3-6,10H,2H2,1H3/t10-/m1/s1. The van der Waals surface area contributed by atoms with Gasteiger partial charge in [0.1, 0.15) is 0 Å². The minimum absolute atomic E-state index is 0.149. The zero-order chi connectivity index (χ0) is 12.3. The lowest BCUT2D eigenvalue weighted by Crippen LogP contribution is -2.26. The molecule has 16 heavy (non-hydrogen) atoms. The van der Waals surface area contributed by atoms with E-state index in [-0.39, 0.29) is 5.75 Å². The molecule has 0 radical (unpaired) electrons. The first kappa shape index (κ1) is 13.7. The van der Waals surface area contributed by atoms with Crippen molar-refractivity contribution in [1.82, 2.24) is 0 Å². The highest BCUT2D eigenvalue weighted by molar-refractivity contribution is 9.10. The summed E-state index contributed by atoms with van der Waals surface area (Å²) >= 11 is 8.87. The monoisotopic (exact) mass is 324 g/mol. The molecule has 0 aliphatic heterocycles. The van der Waals surface area contributed by atoms with Gasteiger partial charge < -0.3 is 0 Å². The molecule has 3 nitrogen and oxygen atoms in total. The van der Waals surface area contributed by atoms with Crippen molar-refractivity contribution in [3.05, 3.63) is 34.3 Å². The molecule has 0 saturated carbocycles. The number of hydrogen-bond donors (Lipinski definition) is 0. The van der Waals surface area contributed by atoms with Gasteiger partial charge in [-0.3, -0.25) is 4.79 Å². The van der Waals surface area contributed by atoms with E-state index in [1.165, 1.54) is 19.1 Å². The van der Waals surface area contributed by atoms with Crippen LogP contribution < -0.4 is 0 Å². The highest BCUT2D eigenvalue weighted by Gasteiger charge is 2.29. The van der Waals surface area contributed by atoms with Crippen molar-refractivity contribution in [2.45, 2.75) is 11.6 Å². The van der Waals surface area contributed by atoms with Gasteiger partial charge in [0.2, 0.25) is 0 Å². The largest absolute Gasteiger partial charge is 0.291 e. The average molecular weight is 326 g/mol. The highest BCUT2D eigenvalue weighted by atomic mass is 79.9. The van der Waals surface area contributed by atoms with Crippen molar-refractivity contribution in [3.8, 4) is 0 Å². The summed E-state index contributed by atoms with van der Waals surface area (Å²) in [6.45, 7) is 1.46. The van der Waals surface area contributed by atoms with Crippen molar-refractivity contribution < 1.29 is 13.2 Å². The van der Waals surface area contributed by atoms with Gasteiger partial charge in [-0.05, 0) is 12.1 Å². The SMILES string of the molecule is CCS(=O)(=O)[C@@H](Cl)C(=O)c1ccc(Br)cc1. The smallest absolute Gasteiger partial charge is 0.197 e. The molecule has 0 fully saturated rings. The van der Waals surface area contributed by atoms with Crippen molar-refractivity contribution >= 4 is 43.2 Å². The summed E-state index contributed by atoms with van der Waals surface area (Å²) in [5, 5.41) is 0. The van der Waals surface area contributed by atoms with Crippen molar-refractivity contribution in [2.75, 3.05) is 5.75 Å². The van der Waals surface area contributed by atoms with Crippen molar-refractivity contribution in [2.24, 2.45) is 0 Å². The molecule has 0 unspecified atom stereocenters. The lowest BCUT2D eigenvalue weighted by Gasteiger charge is -2.08. The molecule has 1 atom stereocenters. The van der Waals surface area contributed by atoms with Crippen LogP contribution in [0.15, 0.2) is 28.7 Å². The first-order valence-corrected chi connectivity index (χ1v) is 7.48. The Morgan fingerprint density at radius 1 is 1.38 bits per heavy atom. The Hall–Kier alpha value is -0.390. The number of benzene rings is 1. The van der Waals surface area contributed by atoms with Crippen LogP contribution in [0.2, 0.25) is 0 Å². The summed E-state index contributed by atoms with van der Waals surface area (Å²) in [5.74, 6) is -0.736. The topological polar surface area (TPSA) is 51.2 Å². The number of carbonyl (C=O) groups is 1. The number of carbonyl (C=O) groups excluding carboxylic acids is 1. The normalized spacial score (nSPS) is 13.4. The van der Waals surface area contributed by atoms with Crippen LogP contribution >= 0.6 is 27.5 Å². The number of halogens is 2. The van der Waals surface area contributed by atoms with Crippen LogP contribution in [0, 0.1) is 0 Å². The molecule has 0 N–H and O–H groups in total. The predicted molar refractivity (Wildman–Crippen MR) is 67.6 cm³/mol. The lowest BCUT2D eigenvalue weighted by molar-refractivity contribution is 0.101. The third-order valence-electron chi connectivity index (χ3n) is 2.05. The van der Waals surface area contributed by atoms with E-state index in [0.717, 1.165) is 4.47 Å². The van der Waals surface area contributed by atoms with E-state index in [9.17, 15) is 13.2 Å². The third kappa shape index (κ3) is 3.06. The van der Waals surface area contributed by atoms with Crippen molar-refractivity contribution in [1.29, 1.82) is 0 Å². The van der Waals surface area contributed by atoms with Gasteiger partial charge in [-0.2, -0.15) is 0 Å². The third-order valence-corrected chi connectivity index (χ3v) is 5.24. The van der Waals surface area contributed by atoms with E-state index in [1.807, 2.05) is 0 Å². The van der Waals surface area contributed by atoms with Gasteiger partial charge in [0.25, 0.3) is 0 Å². The van der Waals surface area contributed by atoms with Gasteiger partial charge in [0.15, 0.2) is 20.3 Å². The molecule has 0 spiro atoms. The number of Topliss-reactive ketones (excluding diaryl/α,β-unsaturated/α-hetero) is 1. The van der Waals surface area contributed by atoms with Gasteiger partial charge in [-0.1, -0.05) is 46.6 Å². The Labute approximate surface area is 108 Å². The molecule has 0 aliphatic rings. The Morgan fingerprint density at radius 3 is 2.31 bits per heavy atom. The maximum absolute atomic E-state index is 11.7. The van der Waals surface area contributed by atoms with E-state index in [2.05, 4.69) is 15.9 Å². The Morgan fingerprint density at radius 2 is 1.88 bits per heavy atom. The molecule has 1 rings (SSSR count). The van der Waals surface area contributed by atoms with Gasteiger partial charge in [-0.25, -0.2) is 8.42 Å². The molecule has 88 valence electrons. The summed E-state index contributed by atoms with van der Waals surface area (Å²) in [4.78, 5) is 11.7. The Kier molecular flexibility index (Phi) is 4.52. The number of sulfone groups is 1. The second-order valence-corrected chi connectivity index (χ2v) is 7.12. The molecule has 0 aliphatic carbocycles. The minimum Gasteiger partial charge on any atom is -0.291 e. The lowest BCUT2D eigenvalue weighted by atomic mass is 10.1.